The fourth-order valence-corrected chi connectivity index (χ4v) is 2.37. The SMILES string of the molecule is CCn1c(=O)cc(-c2ccccc2)c2cccnc21. The summed E-state index contributed by atoms with van der Waals surface area (Å²) in [4.78, 5) is 16.5. The Balaban J connectivity index is 2.42. The molecular weight excluding hydrogens is 236 g/mol. The quantitative estimate of drug-likeness (QED) is 0.700. The van der Waals surface area contributed by atoms with Gasteiger partial charge in [-0.3, -0.25) is 9.36 Å². The summed E-state index contributed by atoms with van der Waals surface area (Å²) in [6.45, 7) is 2.58. The fourth-order valence-electron chi connectivity index (χ4n) is 2.37. The monoisotopic (exact) mass is 250 g/mol. The highest BCUT2D eigenvalue weighted by atomic mass is 16.1. The summed E-state index contributed by atoms with van der Waals surface area (Å²) in [5.74, 6) is 0. The van der Waals surface area contributed by atoms with E-state index in [0.29, 0.717) is 6.54 Å². The largest absolute Gasteiger partial charge is 0.293 e. The van der Waals surface area contributed by atoms with Crippen molar-refractivity contribution in [2.75, 3.05) is 0 Å². The van der Waals surface area contributed by atoms with Gasteiger partial charge < -0.3 is 0 Å². The molecule has 0 fully saturated rings. The van der Waals surface area contributed by atoms with E-state index in [-0.39, 0.29) is 5.56 Å². The standard InChI is InChI=1S/C16H14N2O/c1-2-18-15(19)11-14(12-7-4-3-5-8-12)13-9-6-10-17-16(13)18/h3-11H,2H2,1H3. The summed E-state index contributed by atoms with van der Waals surface area (Å²) in [5.41, 5.74) is 2.73. The first-order valence-electron chi connectivity index (χ1n) is 6.35. The van der Waals surface area contributed by atoms with E-state index in [1.165, 1.54) is 0 Å². The van der Waals surface area contributed by atoms with Gasteiger partial charge in [0.15, 0.2) is 0 Å². The second kappa shape index (κ2) is 4.69. The molecule has 3 rings (SSSR count). The van der Waals surface area contributed by atoms with Crippen LogP contribution in [0.3, 0.4) is 0 Å². The summed E-state index contributed by atoms with van der Waals surface area (Å²) >= 11 is 0. The number of benzene rings is 1. The van der Waals surface area contributed by atoms with Gasteiger partial charge in [0.25, 0.3) is 5.56 Å². The average Bonchev–Trinajstić information content (AvgIpc) is 2.47. The lowest BCUT2D eigenvalue weighted by atomic mass is 10.0. The maximum absolute atomic E-state index is 12.2. The van der Waals surface area contributed by atoms with Gasteiger partial charge in [-0.1, -0.05) is 30.3 Å². The molecule has 94 valence electrons. The Bertz CT molecular complexity index is 776. The van der Waals surface area contributed by atoms with E-state index in [4.69, 9.17) is 0 Å². The lowest BCUT2D eigenvalue weighted by Gasteiger charge is -2.11. The maximum atomic E-state index is 12.2. The van der Waals surface area contributed by atoms with Crippen LogP contribution in [0.5, 0.6) is 0 Å². The van der Waals surface area contributed by atoms with Crippen LogP contribution in [0.2, 0.25) is 0 Å². The van der Waals surface area contributed by atoms with Crippen molar-refractivity contribution in [3.8, 4) is 11.1 Å². The molecule has 0 N–H and O–H groups in total. The van der Waals surface area contributed by atoms with E-state index in [0.717, 1.165) is 22.2 Å². The van der Waals surface area contributed by atoms with Gasteiger partial charge in [0, 0.05) is 24.2 Å². The highest BCUT2D eigenvalue weighted by Gasteiger charge is 2.09. The highest BCUT2D eigenvalue weighted by molar-refractivity contribution is 5.92. The molecule has 0 saturated heterocycles. The van der Waals surface area contributed by atoms with Crippen molar-refractivity contribution < 1.29 is 0 Å². The topological polar surface area (TPSA) is 34.9 Å². The van der Waals surface area contributed by atoms with Gasteiger partial charge in [-0.05, 0) is 30.2 Å². The van der Waals surface area contributed by atoms with Crippen molar-refractivity contribution in [3.63, 3.8) is 0 Å². The van der Waals surface area contributed by atoms with Crippen LogP contribution in [0.4, 0.5) is 0 Å². The second-order valence-corrected chi connectivity index (χ2v) is 4.38. The normalized spacial score (nSPS) is 10.8. The van der Waals surface area contributed by atoms with Crippen LogP contribution in [0.25, 0.3) is 22.2 Å². The molecule has 3 heteroatoms. The molecule has 0 amide bonds. The van der Waals surface area contributed by atoms with Crippen LogP contribution >= 0.6 is 0 Å². The number of rotatable bonds is 2. The summed E-state index contributed by atoms with van der Waals surface area (Å²) < 4.78 is 1.70. The van der Waals surface area contributed by atoms with Gasteiger partial charge in [0.05, 0.1) is 0 Å². The number of fused-ring (bicyclic) bond motifs is 1. The van der Waals surface area contributed by atoms with Gasteiger partial charge in [-0.25, -0.2) is 4.98 Å². The molecule has 2 heterocycles. The third kappa shape index (κ3) is 1.93. The van der Waals surface area contributed by atoms with Gasteiger partial charge >= 0.3 is 0 Å². The molecule has 3 nitrogen and oxygen atoms in total. The predicted molar refractivity (Wildman–Crippen MR) is 77.1 cm³/mol. The molecule has 0 spiro atoms. The number of aromatic nitrogens is 2. The van der Waals surface area contributed by atoms with E-state index in [1.54, 1.807) is 16.8 Å². The van der Waals surface area contributed by atoms with Crippen LogP contribution in [-0.2, 0) is 6.54 Å². The van der Waals surface area contributed by atoms with Crippen LogP contribution in [0.15, 0.2) is 59.5 Å². The van der Waals surface area contributed by atoms with Gasteiger partial charge in [0.1, 0.15) is 5.65 Å². The number of hydrogen-bond acceptors (Lipinski definition) is 2. The lowest BCUT2D eigenvalue weighted by Crippen LogP contribution is -2.19. The van der Waals surface area contributed by atoms with Crippen molar-refractivity contribution in [1.82, 2.24) is 9.55 Å². The van der Waals surface area contributed by atoms with Crippen molar-refractivity contribution in [2.45, 2.75) is 13.5 Å². The molecule has 0 unspecified atom stereocenters. The third-order valence-corrected chi connectivity index (χ3v) is 3.27. The fraction of sp³-hybridized carbons (Fsp3) is 0.125. The molecule has 0 saturated carbocycles. The molecule has 3 aromatic rings. The Morgan fingerprint density at radius 2 is 1.89 bits per heavy atom. The first kappa shape index (κ1) is 11.7. The second-order valence-electron chi connectivity index (χ2n) is 4.38. The first-order chi connectivity index (χ1) is 9.31. The van der Waals surface area contributed by atoms with Crippen LogP contribution in [0, 0.1) is 0 Å². The van der Waals surface area contributed by atoms with Crippen molar-refractivity contribution in [2.24, 2.45) is 0 Å². The molecule has 0 atom stereocenters. The average molecular weight is 250 g/mol. The van der Waals surface area contributed by atoms with E-state index >= 15 is 0 Å². The van der Waals surface area contributed by atoms with E-state index in [1.807, 2.05) is 49.4 Å². The van der Waals surface area contributed by atoms with Gasteiger partial charge in [-0.2, -0.15) is 0 Å². The Morgan fingerprint density at radius 3 is 2.63 bits per heavy atom. The minimum Gasteiger partial charge on any atom is -0.293 e. The molecule has 0 bridgehead atoms. The van der Waals surface area contributed by atoms with E-state index in [2.05, 4.69) is 4.98 Å². The minimum atomic E-state index is -0.00690. The predicted octanol–water partition coefficient (Wildman–Crippen LogP) is 3.08. The number of aryl methyl sites for hydroxylation is 1. The van der Waals surface area contributed by atoms with Crippen LogP contribution in [0.1, 0.15) is 6.92 Å². The van der Waals surface area contributed by atoms with Crippen LogP contribution in [-0.4, -0.2) is 9.55 Å². The Hall–Kier alpha value is -2.42. The summed E-state index contributed by atoms with van der Waals surface area (Å²) in [7, 11) is 0. The zero-order valence-corrected chi connectivity index (χ0v) is 10.7. The lowest BCUT2D eigenvalue weighted by molar-refractivity contribution is 0.750. The summed E-state index contributed by atoms with van der Waals surface area (Å²) in [6.07, 6.45) is 1.72. The van der Waals surface area contributed by atoms with Crippen molar-refractivity contribution in [1.29, 1.82) is 0 Å². The van der Waals surface area contributed by atoms with Gasteiger partial charge in [-0.15, -0.1) is 0 Å². The van der Waals surface area contributed by atoms with E-state index in [9.17, 15) is 4.79 Å². The molecule has 19 heavy (non-hydrogen) atoms. The highest BCUT2D eigenvalue weighted by Crippen LogP contribution is 2.25. The van der Waals surface area contributed by atoms with Crippen molar-refractivity contribution in [3.05, 3.63) is 65.1 Å². The number of nitrogens with zero attached hydrogens (tertiary/aromatic N) is 2. The first-order valence-corrected chi connectivity index (χ1v) is 6.35. The zero-order valence-electron chi connectivity index (χ0n) is 10.7. The minimum absolute atomic E-state index is 0.00690. The molecule has 0 aliphatic carbocycles. The maximum Gasteiger partial charge on any atom is 0.252 e. The Kier molecular flexibility index (Phi) is 2.88. The molecular formula is C16H14N2O. The smallest absolute Gasteiger partial charge is 0.252 e. The molecule has 2 aromatic heterocycles. The summed E-state index contributed by atoms with van der Waals surface area (Å²) in [6, 6.07) is 15.6. The molecule has 0 radical (unpaired) electrons. The van der Waals surface area contributed by atoms with Gasteiger partial charge in [0.2, 0.25) is 0 Å². The molecule has 1 aromatic carbocycles. The Morgan fingerprint density at radius 1 is 1.11 bits per heavy atom. The third-order valence-electron chi connectivity index (χ3n) is 3.27. The molecule has 0 aliphatic heterocycles. The van der Waals surface area contributed by atoms with Crippen molar-refractivity contribution >= 4 is 11.0 Å². The Labute approximate surface area is 111 Å². The zero-order chi connectivity index (χ0) is 13.2. The van der Waals surface area contributed by atoms with Crippen LogP contribution < -0.4 is 5.56 Å². The number of hydrogen-bond donors (Lipinski definition) is 0. The number of pyridine rings is 2. The molecule has 0 aliphatic rings. The van der Waals surface area contributed by atoms with E-state index < -0.39 is 0 Å². The summed E-state index contributed by atoms with van der Waals surface area (Å²) in [5, 5.41) is 1.01.